The fourth-order valence-corrected chi connectivity index (χ4v) is 2.66. The fraction of sp³-hybridized carbons (Fsp3) is 0.588. The minimum atomic E-state index is -0.860. The molecule has 1 rings (SSSR count). The van der Waals surface area contributed by atoms with E-state index >= 15 is 0 Å². The van der Waals surface area contributed by atoms with E-state index in [1.54, 1.807) is 7.05 Å². The number of rotatable bonds is 7. The minimum absolute atomic E-state index is 0. The Bertz CT molecular complexity index is 528. The van der Waals surface area contributed by atoms with Crippen molar-refractivity contribution in [2.75, 3.05) is 32.5 Å². The van der Waals surface area contributed by atoms with E-state index in [2.05, 4.69) is 15.6 Å². The molecule has 0 aromatic heterocycles. The maximum absolute atomic E-state index is 12.0. The number of nitrogens with one attached hydrogen (secondary N) is 2. The Balaban J connectivity index is 0.00000529. The standard InChI is InChI=1S/C17H29N3O2S.HI/c1-14-6-8-15(9-7-14)22-12-10-19-16(18-5)20-11-13-23(21)17(2,3)4;/h6-9H,10-13H2,1-5H3,(H2,18,19,20);1H. The molecular weight excluding hydrogens is 437 g/mol. The zero-order chi connectivity index (χ0) is 17.3. The third-order valence-electron chi connectivity index (χ3n) is 3.17. The summed E-state index contributed by atoms with van der Waals surface area (Å²) in [6.45, 7) is 9.83. The first-order valence-electron chi connectivity index (χ1n) is 7.85. The van der Waals surface area contributed by atoms with Crippen molar-refractivity contribution in [1.29, 1.82) is 0 Å². The highest BCUT2D eigenvalue weighted by Crippen LogP contribution is 2.11. The Labute approximate surface area is 165 Å². The van der Waals surface area contributed by atoms with Gasteiger partial charge in [0.1, 0.15) is 12.4 Å². The predicted molar refractivity (Wildman–Crippen MR) is 114 cm³/mol. The van der Waals surface area contributed by atoms with Gasteiger partial charge in [-0.25, -0.2) is 0 Å². The summed E-state index contributed by atoms with van der Waals surface area (Å²) in [5, 5.41) is 6.35. The first-order valence-corrected chi connectivity index (χ1v) is 9.17. The predicted octanol–water partition coefficient (Wildman–Crippen LogP) is 2.70. The number of aliphatic imine (C=N–C) groups is 1. The van der Waals surface area contributed by atoms with Crippen LogP contribution >= 0.6 is 24.0 Å². The van der Waals surface area contributed by atoms with E-state index in [0.29, 0.717) is 31.4 Å². The van der Waals surface area contributed by atoms with Gasteiger partial charge < -0.3 is 15.4 Å². The van der Waals surface area contributed by atoms with Crippen LogP contribution in [-0.4, -0.2) is 47.4 Å². The highest BCUT2D eigenvalue weighted by Gasteiger charge is 2.18. The molecule has 0 heterocycles. The van der Waals surface area contributed by atoms with Crippen molar-refractivity contribution < 1.29 is 8.95 Å². The molecule has 1 aromatic rings. The molecular formula is C17H30IN3O2S. The average molecular weight is 467 g/mol. The highest BCUT2D eigenvalue weighted by atomic mass is 127. The molecule has 0 fully saturated rings. The molecule has 24 heavy (non-hydrogen) atoms. The maximum Gasteiger partial charge on any atom is 0.191 e. The van der Waals surface area contributed by atoms with E-state index in [9.17, 15) is 4.21 Å². The van der Waals surface area contributed by atoms with Crippen molar-refractivity contribution in [3.05, 3.63) is 29.8 Å². The van der Waals surface area contributed by atoms with Crippen molar-refractivity contribution in [1.82, 2.24) is 10.6 Å². The number of guanidine groups is 1. The van der Waals surface area contributed by atoms with Crippen molar-refractivity contribution in [3.8, 4) is 5.75 Å². The molecule has 5 nitrogen and oxygen atoms in total. The van der Waals surface area contributed by atoms with Crippen LogP contribution in [0.2, 0.25) is 0 Å². The molecule has 7 heteroatoms. The van der Waals surface area contributed by atoms with Crippen LogP contribution in [-0.2, 0) is 10.8 Å². The van der Waals surface area contributed by atoms with Crippen molar-refractivity contribution >= 4 is 40.7 Å². The number of ether oxygens (including phenoxy) is 1. The quantitative estimate of drug-likeness (QED) is 0.280. The van der Waals surface area contributed by atoms with Crippen LogP contribution in [0.5, 0.6) is 5.75 Å². The molecule has 138 valence electrons. The van der Waals surface area contributed by atoms with Gasteiger partial charge in [0.2, 0.25) is 0 Å². The summed E-state index contributed by atoms with van der Waals surface area (Å²) in [5.41, 5.74) is 1.22. The van der Waals surface area contributed by atoms with Gasteiger partial charge in [-0.1, -0.05) is 17.7 Å². The average Bonchev–Trinajstić information content (AvgIpc) is 2.50. The van der Waals surface area contributed by atoms with Crippen LogP contribution in [0.4, 0.5) is 0 Å². The lowest BCUT2D eigenvalue weighted by Crippen LogP contribution is -2.41. The Hall–Kier alpha value is -0.830. The molecule has 0 radical (unpaired) electrons. The van der Waals surface area contributed by atoms with Crippen molar-refractivity contribution in [3.63, 3.8) is 0 Å². The molecule has 0 bridgehead atoms. The van der Waals surface area contributed by atoms with Gasteiger partial charge in [-0.2, -0.15) is 0 Å². The van der Waals surface area contributed by atoms with E-state index in [4.69, 9.17) is 4.74 Å². The number of hydrogen-bond acceptors (Lipinski definition) is 3. The maximum atomic E-state index is 12.0. The van der Waals surface area contributed by atoms with Gasteiger partial charge in [0.25, 0.3) is 0 Å². The minimum Gasteiger partial charge on any atom is -0.492 e. The molecule has 0 saturated heterocycles. The molecule has 2 N–H and O–H groups in total. The Morgan fingerprint density at radius 3 is 2.29 bits per heavy atom. The largest absolute Gasteiger partial charge is 0.492 e. The normalized spacial score (nSPS) is 13.0. The van der Waals surface area contributed by atoms with Gasteiger partial charge in [-0.15, -0.1) is 24.0 Å². The summed E-state index contributed by atoms with van der Waals surface area (Å²) in [6.07, 6.45) is 0. The summed E-state index contributed by atoms with van der Waals surface area (Å²) in [5.74, 6) is 2.16. The monoisotopic (exact) mass is 467 g/mol. The summed E-state index contributed by atoms with van der Waals surface area (Å²) < 4.78 is 17.4. The molecule has 1 aromatic carbocycles. The number of benzene rings is 1. The summed E-state index contributed by atoms with van der Waals surface area (Å²) in [7, 11) is 0.859. The van der Waals surface area contributed by atoms with Crippen LogP contribution in [0.25, 0.3) is 0 Å². The Kier molecular flexibility index (Phi) is 11.3. The molecule has 0 amide bonds. The summed E-state index contributed by atoms with van der Waals surface area (Å²) in [4.78, 5) is 4.14. The summed E-state index contributed by atoms with van der Waals surface area (Å²) in [6, 6.07) is 7.98. The SMILES string of the molecule is CN=C(NCCOc1ccc(C)cc1)NCCS(=O)C(C)(C)C.I. The number of nitrogens with zero attached hydrogens (tertiary/aromatic N) is 1. The van der Waals surface area contributed by atoms with Crippen LogP contribution in [0.1, 0.15) is 26.3 Å². The fourth-order valence-electron chi connectivity index (χ4n) is 1.76. The zero-order valence-electron chi connectivity index (χ0n) is 15.2. The van der Waals surface area contributed by atoms with Gasteiger partial charge in [0.05, 0.1) is 6.54 Å². The molecule has 0 spiro atoms. The molecule has 0 aliphatic carbocycles. The highest BCUT2D eigenvalue weighted by molar-refractivity contribution is 14.0. The van der Waals surface area contributed by atoms with Crippen LogP contribution < -0.4 is 15.4 Å². The van der Waals surface area contributed by atoms with Gasteiger partial charge >= 0.3 is 0 Å². The van der Waals surface area contributed by atoms with Crippen molar-refractivity contribution in [2.45, 2.75) is 32.4 Å². The van der Waals surface area contributed by atoms with Crippen LogP contribution in [0.3, 0.4) is 0 Å². The smallest absolute Gasteiger partial charge is 0.191 e. The second kappa shape index (κ2) is 11.7. The number of hydrogen-bond donors (Lipinski definition) is 2. The van der Waals surface area contributed by atoms with Crippen LogP contribution in [0.15, 0.2) is 29.3 Å². The van der Waals surface area contributed by atoms with E-state index in [-0.39, 0.29) is 28.7 Å². The first-order chi connectivity index (χ1) is 10.8. The van der Waals surface area contributed by atoms with E-state index in [0.717, 1.165) is 5.75 Å². The van der Waals surface area contributed by atoms with E-state index < -0.39 is 10.8 Å². The van der Waals surface area contributed by atoms with Gasteiger partial charge in [-0.05, 0) is 39.8 Å². The van der Waals surface area contributed by atoms with Gasteiger partial charge in [0.15, 0.2) is 5.96 Å². The van der Waals surface area contributed by atoms with Gasteiger partial charge in [-0.3, -0.25) is 9.20 Å². The second-order valence-corrected chi connectivity index (χ2v) is 8.57. The second-order valence-electron chi connectivity index (χ2n) is 6.25. The number of aryl methyl sites for hydroxylation is 1. The Morgan fingerprint density at radius 2 is 1.75 bits per heavy atom. The van der Waals surface area contributed by atoms with Crippen molar-refractivity contribution in [2.24, 2.45) is 4.99 Å². The first kappa shape index (κ1) is 23.2. The molecule has 0 saturated carbocycles. The Morgan fingerprint density at radius 1 is 1.17 bits per heavy atom. The number of halogens is 1. The third kappa shape index (κ3) is 9.46. The van der Waals surface area contributed by atoms with E-state index in [1.807, 2.05) is 52.0 Å². The third-order valence-corrected chi connectivity index (χ3v) is 5.11. The molecule has 1 atom stereocenters. The van der Waals surface area contributed by atoms with E-state index in [1.165, 1.54) is 5.56 Å². The lowest BCUT2D eigenvalue weighted by Gasteiger charge is -2.18. The lowest BCUT2D eigenvalue weighted by atomic mass is 10.2. The molecule has 0 aliphatic rings. The topological polar surface area (TPSA) is 62.7 Å². The molecule has 1 unspecified atom stereocenters. The molecule has 0 aliphatic heterocycles. The van der Waals surface area contributed by atoms with Crippen LogP contribution in [0, 0.1) is 6.92 Å². The zero-order valence-corrected chi connectivity index (χ0v) is 18.4. The van der Waals surface area contributed by atoms with Gasteiger partial charge in [0, 0.05) is 34.9 Å². The lowest BCUT2D eigenvalue weighted by molar-refractivity contribution is 0.322. The summed E-state index contributed by atoms with van der Waals surface area (Å²) >= 11 is 0.